The van der Waals surface area contributed by atoms with Crippen molar-refractivity contribution >= 4 is 28.1 Å². The standard InChI is InChI=1S/C9H12O3S2/c1-2-8(9(10)11)14(12)6-7-3-4-13-5-7/h3-5,8H,2,6H2,1H3,(H,10,11). The van der Waals surface area contributed by atoms with E-state index < -0.39 is 22.0 Å². The lowest BCUT2D eigenvalue weighted by Crippen LogP contribution is -2.25. The summed E-state index contributed by atoms with van der Waals surface area (Å²) in [7, 11) is -1.31. The van der Waals surface area contributed by atoms with Gasteiger partial charge in [-0.15, -0.1) is 0 Å². The maximum atomic E-state index is 11.6. The van der Waals surface area contributed by atoms with Gasteiger partial charge in [0.25, 0.3) is 0 Å². The molecular weight excluding hydrogens is 220 g/mol. The van der Waals surface area contributed by atoms with Crippen LogP contribution in [0.3, 0.4) is 0 Å². The fraction of sp³-hybridized carbons (Fsp3) is 0.444. The van der Waals surface area contributed by atoms with Gasteiger partial charge < -0.3 is 5.11 Å². The van der Waals surface area contributed by atoms with Crippen LogP contribution in [0.5, 0.6) is 0 Å². The van der Waals surface area contributed by atoms with Crippen molar-refractivity contribution in [2.24, 2.45) is 0 Å². The molecule has 0 bridgehead atoms. The predicted molar refractivity (Wildman–Crippen MR) is 57.9 cm³/mol. The van der Waals surface area contributed by atoms with Gasteiger partial charge in [0, 0.05) is 10.8 Å². The van der Waals surface area contributed by atoms with E-state index in [0.29, 0.717) is 12.2 Å². The van der Waals surface area contributed by atoms with Crippen molar-refractivity contribution in [1.29, 1.82) is 0 Å². The second-order valence-corrected chi connectivity index (χ2v) is 5.29. The third-order valence-electron chi connectivity index (χ3n) is 1.85. The van der Waals surface area contributed by atoms with Crippen LogP contribution in [0.15, 0.2) is 16.8 Å². The molecule has 0 aliphatic carbocycles. The van der Waals surface area contributed by atoms with Crippen molar-refractivity contribution in [3.8, 4) is 0 Å². The maximum absolute atomic E-state index is 11.6. The molecule has 0 saturated heterocycles. The van der Waals surface area contributed by atoms with E-state index in [0.717, 1.165) is 5.56 Å². The summed E-state index contributed by atoms with van der Waals surface area (Å²) in [5, 5.41) is 11.8. The van der Waals surface area contributed by atoms with E-state index in [1.807, 2.05) is 16.8 Å². The molecule has 0 aliphatic heterocycles. The van der Waals surface area contributed by atoms with Crippen LogP contribution in [-0.4, -0.2) is 20.5 Å². The normalized spacial score (nSPS) is 14.9. The highest BCUT2D eigenvalue weighted by molar-refractivity contribution is 7.85. The summed E-state index contributed by atoms with van der Waals surface area (Å²) >= 11 is 1.53. The van der Waals surface area contributed by atoms with Gasteiger partial charge in [-0.3, -0.25) is 9.00 Å². The summed E-state index contributed by atoms with van der Waals surface area (Å²) in [6, 6.07) is 1.87. The Hall–Kier alpha value is -0.680. The minimum absolute atomic E-state index is 0.342. The molecule has 1 aromatic rings. The van der Waals surface area contributed by atoms with Gasteiger partial charge in [0.1, 0.15) is 5.25 Å². The zero-order chi connectivity index (χ0) is 10.6. The second-order valence-electron chi connectivity index (χ2n) is 2.89. The van der Waals surface area contributed by atoms with Crippen molar-refractivity contribution in [2.45, 2.75) is 24.3 Å². The first-order chi connectivity index (χ1) is 6.65. The largest absolute Gasteiger partial charge is 0.480 e. The third-order valence-corrected chi connectivity index (χ3v) is 4.37. The molecule has 1 rings (SSSR count). The summed E-state index contributed by atoms with van der Waals surface area (Å²) < 4.78 is 11.6. The van der Waals surface area contributed by atoms with Crippen LogP contribution >= 0.6 is 11.3 Å². The highest BCUT2D eigenvalue weighted by atomic mass is 32.2. The van der Waals surface area contributed by atoms with E-state index in [1.54, 1.807) is 6.92 Å². The van der Waals surface area contributed by atoms with E-state index in [9.17, 15) is 9.00 Å². The number of rotatable bonds is 5. The fourth-order valence-corrected chi connectivity index (χ4v) is 3.19. The molecule has 3 nitrogen and oxygen atoms in total. The first-order valence-corrected chi connectivity index (χ1v) is 6.58. The summed E-state index contributed by atoms with van der Waals surface area (Å²) in [5.41, 5.74) is 0.952. The smallest absolute Gasteiger partial charge is 0.319 e. The van der Waals surface area contributed by atoms with Crippen molar-refractivity contribution in [3.05, 3.63) is 22.4 Å². The van der Waals surface area contributed by atoms with Crippen molar-refractivity contribution in [1.82, 2.24) is 0 Å². The summed E-state index contributed by atoms with van der Waals surface area (Å²) in [6.45, 7) is 1.74. The Morgan fingerprint density at radius 2 is 2.43 bits per heavy atom. The van der Waals surface area contributed by atoms with Gasteiger partial charge in [0.2, 0.25) is 0 Å². The average molecular weight is 232 g/mol. The molecule has 0 aliphatic rings. The molecule has 14 heavy (non-hydrogen) atoms. The number of thiophene rings is 1. The van der Waals surface area contributed by atoms with Crippen molar-refractivity contribution in [3.63, 3.8) is 0 Å². The molecule has 2 atom stereocenters. The van der Waals surface area contributed by atoms with Crippen LogP contribution in [0.1, 0.15) is 18.9 Å². The zero-order valence-electron chi connectivity index (χ0n) is 7.80. The number of hydrogen-bond donors (Lipinski definition) is 1. The third kappa shape index (κ3) is 2.92. The molecule has 0 radical (unpaired) electrons. The molecule has 1 aromatic heterocycles. The van der Waals surface area contributed by atoms with Crippen molar-refractivity contribution < 1.29 is 14.1 Å². The lowest BCUT2D eigenvalue weighted by molar-refractivity contribution is -0.136. The number of carbonyl (C=O) groups is 1. The molecule has 1 N–H and O–H groups in total. The topological polar surface area (TPSA) is 54.4 Å². The van der Waals surface area contributed by atoms with Gasteiger partial charge in [0.15, 0.2) is 0 Å². The Balaban J connectivity index is 2.61. The van der Waals surface area contributed by atoms with E-state index in [2.05, 4.69) is 0 Å². The number of carboxylic acid groups (broad SMARTS) is 1. The van der Waals surface area contributed by atoms with E-state index in [1.165, 1.54) is 11.3 Å². The average Bonchev–Trinajstić information content (AvgIpc) is 2.57. The Kier molecular flexibility index (Phi) is 4.28. The quantitative estimate of drug-likeness (QED) is 0.843. The molecule has 2 unspecified atom stereocenters. The van der Waals surface area contributed by atoms with Crippen LogP contribution in [0.4, 0.5) is 0 Å². The molecule has 0 amide bonds. The van der Waals surface area contributed by atoms with Crippen LogP contribution in [0, 0.1) is 0 Å². The molecule has 0 spiro atoms. The summed E-state index contributed by atoms with van der Waals surface area (Å²) in [5.74, 6) is -0.630. The molecule has 1 heterocycles. The lowest BCUT2D eigenvalue weighted by Gasteiger charge is -2.08. The predicted octanol–water partition coefficient (Wildman–Crippen LogP) is 1.86. The van der Waals surface area contributed by atoms with E-state index >= 15 is 0 Å². The van der Waals surface area contributed by atoms with Gasteiger partial charge in [-0.25, -0.2) is 0 Å². The molecule has 0 saturated carbocycles. The first-order valence-electron chi connectivity index (χ1n) is 4.26. The van der Waals surface area contributed by atoms with Gasteiger partial charge >= 0.3 is 5.97 Å². The SMILES string of the molecule is CCC(C(=O)O)S(=O)Cc1ccsc1. The van der Waals surface area contributed by atoms with Crippen LogP contribution in [-0.2, 0) is 21.3 Å². The minimum Gasteiger partial charge on any atom is -0.480 e. The summed E-state index contributed by atoms with van der Waals surface area (Å²) in [4.78, 5) is 10.7. The molecule has 0 aromatic carbocycles. The van der Waals surface area contributed by atoms with Crippen LogP contribution in [0.25, 0.3) is 0 Å². The fourth-order valence-electron chi connectivity index (χ4n) is 1.11. The Morgan fingerprint density at radius 1 is 1.71 bits per heavy atom. The first kappa shape index (κ1) is 11.4. The Morgan fingerprint density at radius 3 is 2.86 bits per heavy atom. The lowest BCUT2D eigenvalue weighted by atomic mass is 10.3. The number of hydrogen-bond acceptors (Lipinski definition) is 3. The van der Waals surface area contributed by atoms with Gasteiger partial charge in [-0.2, -0.15) is 11.3 Å². The minimum atomic E-state index is -1.31. The van der Waals surface area contributed by atoms with Gasteiger partial charge in [-0.05, 0) is 28.8 Å². The molecule has 5 heteroatoms. The van der Waals surface area contributed by atoms with Crippen LogP contribution < -0.4 is 0 Å². The zero-order valence-corrected chi connectivity index (χ0v) is 9.44. The Bertz CT molecular complexity index is 319. The molecule has 78 valence electrons. The van der Waals surface area contributed by atoms with Gasteiger partial charge in [-0.1, -0.05) is 6.92 Å². The molecule has 0 fully saturated rings. The van der Waals surface area contributed by atoms with E-state index in [-0.39, 0.29) is 0 Å². The maximum Gasteiger partial charge on any atom is 0.319 e. The second kappa shape index (κ2) is 5.26. The monoisotopic (exact) mass is 232 g/mol. The molecular formula is C9H12O3S2. The highest BCUT2D eigenvalue weighted by Crippen LogP contribution is 2.12. The van der Waals surface area contributed by atoms with E-state index in [4.69, 9.17) is 5.11 Å². The Labute approximate surface area is 89.2 Å². The van der Waals surface area contributed by atoms with Crippen molar-refractivity contribution in [2.75, 3.05) is 0 Å². The highest BCUT2D eigenvalue weighted by Gasteiger charge is 2.22. The number of aliphatic carboxylic acids is 1. The summed E-state index contributed by atoms with van der Waals surface area (Å²) in [6.07, 6.45) is 0.409. The van der Waals surface area contributed by atoms with Gasteiger partial charge in [0.05, 0.1) is 5.75 Å². The number of carboxylic acids is 1. The van der Waals surface area contributed by atoms with Crippen LogP contribution in [0.2, 0.25) is 0 Å².